The Balaban J connectivity index is 1.95. The van der Waals surface area contributed by atoms with Crippen LogP contribution >= 0.6 is 11.6 Å². The molecule has 1 aliphatic rings. The predicted molar refractivity (Wildman–Crippen MR) is 87.8 cm³/mol. The van der Waals surface area contributed by atoms with E-state index in [-0.39, 0.29) is 5.91 Å². The first kappa shape index (κ1) is 16.3. The van der Waals surface area contributed by atoms with Crippen LogP contribution in [0.2, 0.25) is 5.02 Å². The van der Waals surface area contributed by atoms with Crippen molar-refractivity contribution in [3.8, 4) is 0 Å². The largest absolute Gasteiger partial charge is 0.350 e. The summed E-state index contributed by atoms with van der Waals surface area (Å²) in [5.41, 5.74) is 0.556. The number of nitrogens with zero attached hydrogens (tertiary/aromatic N) is 1. The monoisotopic (exact) mass is 308 g/mol. The summed E-state index contributed by atoms with van der Waals surface area (Å²) in [7, 11) is 0. The topological polar surface area (TPSA) is 32.3 Å². The van der Waals surface area contributed by atoms with Gasteiger partial charge < -0.3 is 5.32 Å². The van der Waals surface area contributed by atoms with Gasteiger partial charge in [-0.3, -0.25) is 9.69 Å². The molecule has 1 fully saturated rings. The van der Waals surface area contributed by atoms with E-state index < -0.39 is 0 Å². The molecule has 0 spiro atoms. The average molecular weight is 309 g/mol. The number of halogens is 1. The van der Waals surface area contributed by atoms with Crippen molar-refractivity contribution in [3.05, 3.63) is 34.9 Å². The van der Waals surface area contributed by atoms with Crippen LogP contribution in [0, 0.1) is 5.92 Å². The number of amides is 1. The van der Waals surface area contributed by atoms with Crippen LogP contribution in [0.25, 0.3) is 0 Å². The quantitative estimate of drug-likeness (QED) is 0.901. The van der Waals surface area contributed by atoms with Crippen molar-refractivity contribution in [2.75, 3.05) is 19.6 Å². The number of likely N-dealkylation sites (tertiary alicyclic amines) is 1. The highest BCUT2D eigenvalue weighted by Crippen LogP contribution is 2.18. The van der Waals surface area contributed by atoms with Gasteiger partial charge in [0.25, 0.3) is 5.91 Å². The summed E-state index contributed by atoms with van der Waals surface area (Å²) in [5, 5.41) is 3.56. The third-order valence-electron chi connectivity index (χ3n) is 4.22. The minimum atomic E-state index is -0.0803. The van der Waals surface area contributed by atoms with Crippen molar-refractivity contribution in [2.24, 2.45) is 5.92 Å². The molecule has 2 rings (SSSR count). The second kappa shape index (κ2) is 7.81. The molecule has 1 unspecified atom stereocenters. The van der Waals surface area contributed by atoms with Gasteiger partial charge in [-0.05, 0) is 44.0 Å². The highest BCUT2D eigenvalue weighted by atomic mass is 35.5. The molecule has 0 aliphatic carbocycles. The number of piperidine rings is 1. The minimum Gasteiger partial charge on any atom is -0.350 e. The summed E-state index contributed by atoms with van der Waals surface area (Å²) in [6, 6.07) is 7.59. The van der Waals surface area contributed by atoms with Crippen LogP contribution in [-0.2, 0) is 0 Å². The standard InChI is InChI=1S/C17H25ClN2O/c1-13(2)16(20-10-6-3-7-11-20)12-19-17(21)14-8-4-5-9-15(14)18/h4-5,8-9,13,16H,3,6-7,10-12H2,1-2H3,(H,19,21). The van der Waals surface area contributed by atoms with Gasteiger partial charge in [-0.1, -0.05) is 44.0 Å². The molecule has 0 saturated carbocycles. The van der Waals surface area contributed by atoms with Gasteiger partial charge >= 0.3 is 0 Å². The molecule has 1 heterocycles. The van der Waals surface area contributed by atoms with Crippen molar-refractivity contribution >= 4 is 17.5 Å². The highest BCUT2D eigenvalue weighted by molar-refractivity contribution is 6.33. The van der Waals surface area contributed by atoms with Gasteiger partial charge in [0.15, 0.2) is 0 Å². The van der Waals surface area contributed by atoms with E-state index in [1.54, 1.807) is 12.1 Å². The zero-order chi connectivity index (χ0) is 15.2. The maximum Gasteiger partial charge on any atom is 0.252 e. The second-order valence-corrected chi connectivity index (χ2v) is 6.51. The lowest BCUT2D eigenvalue weighted by atomic mass is 9.99. The van der Waals surface area contributed by atoms with E-state index in [0.717, 1.165) is 13.1 Å². The van der Waals surface area contributed by atoms with Crippen molar-refractivity contribution in [1.82, 2.24) is 10.2 Å². The number of carbonyl (C=O) groups is 1. The Morgan fingerprint density at radius 1 is 1.24 bits per heavy atom. The lowest BCUT2D eigenvalue weighted by Crippen LogP contribution is -2.48. The number of hydrogen-bond donors (Lipinski definition) is 1. The fourth-order valence-corrected chi connectivity index (χ4v) is 3.20. The molecule has 1 N–H and O–H groups in total. The number of benzene rings is 1. The van der Waals surface area contributed by atoms with Crippen molar-refractivity contribution in [1.29, 1.82) is 0 Å². The molecular weight excluding hydrogens is 284 g/mol. The molecule has 1 aliphatic heterocycles. The summed E-state index contributed by atoms with van der Waals surface area (Å²) >= 11 is 6.07. The third-order valence-corrected chi connectivity index (χ3v) is 4.55. The lowest BCUT2D eigenvalue weighted by Gasteiger charge is -2.37. The normalized spacial score (nSPS) is 17.7. The summed E-state index contributed by atoms with van der Waals surface area (Å²) in [5.74, 6) is 0.443. The Morgan fingerprint density at radius 3 is 2.52 bits per heavy atom. The summed E-state index contributed by atoms with van der Waals surface area (Å²) in [6.45, 7) is 7.42. The highest BCUT2D eigenvalue weighted by Gasteiger charge is 2.24. The molecule has 0 aromatic heterocycles. The third kappa shape index (κ3) is 4.45. The molecule has 116 valence electrons. The zero-order valence-electron chi connectivity index (χ0n) is 12.9. The fraction of sp³-hybridized carbons (Fsp3) is 0.588. The van der Waals surface area contributed by atoms with E-state index in [4.69, 9.17) is 11.6 Å². The van der Waals surface area contributed by atoms with Gasteiger partial charge in [0.05, 0.1) is 10.6 Å². The van der Waals surface area contributed by atoms with Crippen LogP contribution in [0.3, 0.4) is 0 Å². The van der Waals surface area contributed by atoms with Gasteiger partial charge in [-0.25, -0.2) is 0 Å². The van der Waals surface area contributed by atoms with Crippen LogP contribution in [0.5, 0.6) is 0 Å². The van der Waals surface area contributed by atoms with E-state index in [9.17, 15) is 4.79 Å². The number of hydrogen-bond acceptors (Lipinski definition) is 2. The minimum absolute atomic E-state index is 0.0803. The number of carbonyl (C=O) groups excluding carboxylic acids is 1. The van der Waals surface area contributed by atoms with Gasteiger partial charge in [0, 0.05) is 12.6 Å². The number of rotatable bonds is 5. The maximum absolute atomic E-state index is 12.3. The lowest BCUT2D eigenvalue weighted by molar-refractivity contribution is 0.0895. The number of nitrogens with one attached hydrogen (secondary N) is 1. The smallest absolute Gasteiger partial charge is 0.252 e. The first-order chi connectivity index (χ1) is 10.1. The van der Waals surface area contributed by atoms with E-state index >= 15 is 0 Å². The van der Waals surface area contributed by atoms with Crippen LogP contribution in [-0.4, -0.2) is 36.5 Å². The zero-order valence-corrected chi connectivity index (χ0v) is 13.7. The first-order valence-electron chi connectivity index (χ1n) is 7.86. The Morgan fingerprint density at radius 2 is 1.90 bits per heavy atom. The van der Waals surface area contributed by atoms with E-state index in [1.807, 2.05) is 12.1 Å². The molecule has 4 heteroatoms. The molecule has 1 atom stereocenters. The van der Waals surface area contributed by atoms with Crippen LogP contribution in [0.4, 0.5) is 0 Å². The molecule has 0 bridgehead atoms. The van der Waals surface area contributed by atoms with Gasteiger partial charge in [0.1, 0.15) is 0 Å². The fourth-order valence-electron chi connectivity index (χ4n) is 2.97. The molecule has 0 radical (unpaired) electrons. The summed E-state index contributed by atoms with van der Waals surface area (Å²) in [6.07, 6.45) is 3.86. The Kier molecular flexibility index (Phi) is 6.07. The van der Waals surface area contributed by atoms with E-state index in [0.29, 0.717) is 29.1 Å². The van der Waals surface area contributed by atoms with Gasteiger partial charge in [0.2, 0.25) is 0 Å². The molecule has 1 aromatic carbocycles. The Labute approximate surface area is 132 Å². The Hall–Kier alpha value is -1.06. The molecule has 1 saturated heterocycles. The molecule has 1 amide bonds. The summed E-state index contributed by atoms with van der Waals surface area (Å²) < 4.78 is 0. The van der Waals surface area contributed by atoms with Crippen molar-refractivity contribution < 1.29 is 4.79 Å². The van der Waals surface area contributed by atoms with Crippen LogP contribution < -0.4 is 5.32 Å². The van der Waals surface area contributed by atoms with Gasteiger partial charge in [-0.15, -0.1) is 0 Å². The first-order valence-corrected chi connectivity index (χ1v) is 8.24. The molecular formula is C17H25ClN2O. The second-order valence-electron chi connectivity index (χ2n) is 6.10. The van der Waals surface area contributed by atoms with Crippen molar-refractivity contribution in [3.63, 3.8) is 0 Å². The molecule has 3 nitrogen and oxygen atoms in total. The maximum atomic E-state index is 12.3. The van der Waals surface area contributed by atoms with Crippen LogP contribution in [0.1, 0.15) is 43.5 Å². The Bertz CT molecular complexity index is 470. The van der Waals surface area contributed by atoms with Crippen molar-refractivity contribution in [2.45, 2.75) is 39.2 Å². The average Bonchev–Trinajstić information content (AvgIpc) is 2.48. The van der Waals surface area contributed by atoms with E-state index in [2.05, 4.69) is 24.1 Å². The van der Waals surface area contributed by atoms with E-state index in [1.165, 1.54) is 19.3 Å². The predicted octanol–water partition coefficient (Wildman–Crippen LogP) is 3.58. The summed E-state index contributed by atoms with van der Waals surface area (Å²) in [4.78, 5) is 14.8. The molecule has 1 aromatic rings. The van der Waals surface area contributed by atoms with Gasteiger partial charge in [-0.2, -0.15) is 0 Å². The molecule has 21 heavy (non-hydrogen) atoms. The SMILES string of the molecule is CC(C)C(CNC(=O)c1ccccc1Cl)N1CCCCC1. The van der Waals surface area contributed by atoms with Crippen LogP contribution in [0.15, 0.2) is 24.3 Å².